The van der Waals surface area contributed by atoms with Crippen LogP contribution in [0.3, 0.4) is 0 Å². The Morgan fingerprint density at radius 1 is 1.19 bits per heavy atom. The Balaban J connectivity index is 1.58. The molecule has 172 valence electrons. The fourth-order valence-electron chi connectivity index (χ4n) is 4.33. The molecule has 0 aromatic carbocycles. The van der Waals surface area contributed by atoms with Crippen molar-refractivity contribution < 1.29 is 4.79 Å². The molecule has 4 heterocycles. The number of carbonyl (C=O) groups is 1. The zero-order chi connectivity index (χ0) is 22.7. The van der Waals surface area contributed by atoms with Gasteiger partial charge in [-0.3, -0.25) is 9.69 Å². The number of hydrogen-bond acceptors (Lipinski definition) is 7. The highest BCUT2D eigenvalue weighted by molar-refractivity contribution is 7.13. The number of imidazole rings is 1. The Hall–Kier alpha value is -2.52. The van der Waals surface area contributed by atoms with E-state index in [-0.39, 0.29) is 5.91 Å². The number of anilines is 1. The van der Waals surface area contributed by atoms with Crippen molar-refractivity contribution in [2.45, 2.75) is 59.2 Å². The van der Waals surface area contributed by atoms with Gasteiger partial charge in [-0.15, -0.1) is 11.3 Å². The average molecular weight is 456 g/mol. The van der Waals surface area contributed by atoms with Crippen molar-refractivity contribution in [3.63, 3.8) is 0 Å². The summed E-state index contributed by atoms with van der Waals surface area (Å²) in [5, 5.41) is 5.56. The van der Waals surface area contributed by atoms with Crippen LogP contribution in [-0.4, -0.2) is 73.5 Å². The van der Waals surface area contributed by atoms with Crippen LogP contribution in [0.2, 0.25) is 0 Å². The van der Waals surface area contributed by atoms with E-state index < -0.39 is 0 Å². The first-order chi connectivity index (χ1) is 15.4. The molecule has 3 aromatic rings. The van der Waals surface area contributed by atoms with Gasteiger partial charge < -0.3 is 14.8 Å². The Morgan fingerprint density at radius 3 is 2.66 bits per heavy atom. The zero-order valence-corrected chi connectivity index (χ0v) is 20.2. The highest BCUT2D eigenvalue weighted by atomic mass is 32.1. The van der Waals surface area contributed by atoms with E-state index in [0.717, 1.165) is 47.9 Å². The summed E-state index contributed by atoms with van der Waals surface area (Å²) in [4.78, 5) is 31.7. The largest absolute Gasteiger partial charge is 0.367 e. The van der Waals surface area contributed by atoms with Gasteiger partial charge in [-0.1, -0.05) is 6.07 Å². The highest BCUT2D eigenvalue weighted by Crippen LogP contribution is 2.27. The van der Waals surface area contributed by atoms with E-state index in [0.29, 0.717) is 37.4 Å². The van der Waals surface area contributed by atoms with Gasteiger partial charge in [-0.25, -0.2) is 15.0 Å². The van der Waals surface area contributed by atoms with Gasteiger partial charge in [-0.05, 0) is 45.6 Å². The number of rotatable bonds is 10. The molecule has 8 nitrogen and oxygen atoms in total. The molecule has 0 radical (unpaired) electrons. The molecular formula is C23H33N7OS. The summed E-state index contributed by atoms with van der Waals surface area (Å²) < 4.78 is 2.04. The first kappa shape index (κ1) is 22.7. The number of hydrogen-bond donors (Lipinski definition) is 1. The predicted octanol–water partition coefficient (Wildman–Crippen LogP) is 3.71. The lowest BCUT2D eigenvalue weighted by Gasteiger charge is -2.30. The van der Waals surface area contributed by atoms with Crippen LogP contribution in [0.5, 0.6) is 0 Å². The molecule has 0 spiro atoms. The number of nitrogens with zero attached hydrogens (tertiary/aromatic N) is 6. The molecule has 0 unspecified atom stereocenters. The number of amides is 1. The molecule has 1 amide bonds. The van der Waals surface area contributed by atoms with Crippen LogP contribution in [0.1, 0.15) is 40.5 Å². The Kier molecular flexibility index (Phi) is 7.05. The van der Waals surface area contributed by atoms with E-state index in [2.05, 4.69) is 42.9 Å². The van der Waals surface area contributed by atoms with E-state index in [4.69, 9.17) is 9.97 Å². The van der Waals surface area contributed by atoms with Gasteiger partial charge >= 0.3 is 0 Å². The van der Waals surface area contributed by atoms with Gasteiger partial charge in [0.25, 0.3) is 0 Å². The van der Waals surface area contributed by atoms with Gasteiger partial charge in [0, 0.05) is 51.2 Å². The van der Waals surface area contributed by atoms with Crippen molar-refractivity contribution in [2.24, 2.45) is 0 Å². The molecule has 1 aliphatic heterocycles. The zero-order valence-electron chi connectivity index (χ0n) is 19.4. The minimum absolute atomic E-state index is 0.241. The summed E-state index contributed by atoms with van der Waals surface area (Å²) in [6, 6.07) is 5.02. The molecule has 1 aliphatic rings. The van der Waals surface area contributed by atoms with E-state index in [1.807, 2.05) is 33.3 Å². The van der Waals surface area contributed by atoms with Crippen molar-refractivity contribution in [1.29, 1.82) is 0 Å². The van der Waals surface area contributed by atoms with Crippen LogP contribution < -0.4 is 5.32 Å². The lowest BCUT2D eigenvalue weighted by molar-refractivity contribution is -0.127. The number of thiophene rings is 1. The highest BCUT2D eigenvalue weighted by Gasteiger charge is 2.21. The predicted molar refractivity (Wildman–Crippen MR) is 130 cm³/mol. The van der Waals surface area contributed by atoms with Crippen molar-refractivity contribution in [1.82, 2.24) is 29.3 Å². The number of likely N-dealkylation sites (tertiary alicyclic amines) is 1. The molecule has 0 atom stereocenters. The molecule has 4 rings (SSSR count). The minimum atomic E-state index is 0.241. The monoisotopic (exact) mass is 455 g/mol. The van der Waals surface area contributed by atoms with Crippen LogP contribution in [0.25, 0.3) is 21.9 Å². The topological polar surface area (TPSA) is 79.2 Å². The van der Waals surface area contributed by atoms with Crippen LogP contribution in [-0.2, 0) is 11.3 Å². The summed E-state index contributed by atoms with van der Waals surface area (Å²) in [6.45, 7) is 12.8. The van der Waals surface area contributed by atoms with Gasteiger partial charge in [0.05, 0.1) is 11.2 Å². The number of fused-ring (bicyclic) bond motifs is 1. The Labute approximate surface area is 193 Å². The van der Waals surface area contributed by atoms with Crippen LogP contribution in [0.15, 0.2) is 23.8 Å². The van der Waals surface area contributed by atoms with Gasteiger partial charge in [0.1, 0.15) is 5.52 Å². The van der Waals surface area contributed by atoms with Crippen LogP contribution >= 0.6 is 11.3 Å². The second-order valence-corrected chi connectivity index (χ2v) is 9.77. The van der Waals surface area contributed by atoms with E-state index in [1.165, 1.54) is 0 Å². The van der Waals surface area contributed by atoms with E-state index in [1.54, 1.807) is 11.3 Å². The maximum atomic E-state index is 12.0. The molecule has 0 saturated carbocycles. The summed E-state index contributed by atoms with van der Waals surface area (Å²) in [6.07, 6.45) is 3.43. The molecule has 1 saturated heterocycles. The van der Waals surface area contributed by atoms with Crippen molar-refractivity contribution >= 4 is 34.2 Å². The lowest BCUT2D eigenvalue weighted by atomic mass is 10.2. The molecular weight excluding hydrogens is 422 g/mol. The molecule has 32 heavy (non-hydrogen) atoms. The molecule has 1 fully saturated rings. The van der Waals surface area contributed by atoms with E-state index in [9.17, 15) is 4.79 Å². The van der Waals surface area contributed by atoms with Crippen molar-refractivity contribution in [2.75, 3.05) is 31.5 Å². The third kappa shape index (κ3) is 4.94. The van der Waals surface area contributed by atoms with Crippen molar-refractivity contribution in [3.05, 3.63) is 23.8 Å². The maximum Gasteiger partial charge on any atom is 0.222 e. The fraction of sp³-hybridized carbons (Fsp3) is 0.565. The third-order valence-electron chi connectivity index (χ3n) is 5.98. The second kappa shape index (κ2) is 9.95. The molecule has 3 aromatic heterocycles. The number of carbonyl (C=O) groups excluding carboxylic acids is 1. The van der Waals surface area contributed by atoms with E-state index >= 15 is 0 Å². The quantitative estimate of drug-likeness (QED) is 0.502. The van der Waals surface area contributed by atoms with Gasteiger partial charge in [0.15, 0.2) is 17.3 Å². The van der Waals surface area contributed by atoms with Crippen LogP contribution in [0.4, 0.5) is 5.82 Å². The molecule has 0 aliphatic carbocycles. The summed E-state index contributed by atoms with van der Waals surface area (Å²) >= 11 is 1.63. The number of nitrogens with one attached hydrogen (secondary N) is 1. The third-order valence-corrected chi connectivity index (χ3v) is 6.84. The fourth-order valence-corrected chi connectivity index (χ4v) is 4.99. The van der Waals surface area contributed by atoms with Crippen molar-refractivity contribution in [3.8, 4) is 10.7 Å². The maximum absolute atomic E-state index is 12.0. The smallest absolute Gasteiger partial charge is 0.222 e. The molecule has 1 N–H and O–H groups in total. The Morgan fingerprint density at radius 2 is 2.00 bits per heavy atom. The summed E-state index contributed by atoms with van der Waals surface area (Å²) in [7, 11) is 0. The summed E-state index contributed by atoms with van der Waals surface area (Å²) in [5.74, 6) is 1.71. The molecule has 9 heteroatoms. The number of aromatic nitrogens is 4. The standard InChI is InChI=1S/C23H33N7OS/c1-16(2)30(17(3)4)11-9-24-22-20-23(27-21(26-22)18-7-6-14-32-18)29(15-25-20)13-12-28-10-5-8-19(28)31/h6-7,14-17H,5,8-13H2,1-4H3,(H,24,26,27). The SMILES string of the molecule is CC(C)N(CCNc1nc(-c2cccs2)nc2c1ncn2CCN1CCCC1=O)C(C)C. The van der Waals surface area contributed by atoms with Gasteiger partial charge in [0.2, 0.25) is 5.91 Å². The van der Waals surface area contributed by atoms with Gasteiger partial charge in [-0.2, -0.15) is 0 Å². The first-order valence-electron chi connectivity index (χ1n) is 11.5. The first-order valence-corrected chi connectivity index (χ1v) is 12.4. The summed E-state index contributed by atoms with van der Waals surface area (Å²) in [5.41, 5.74) is 1.58. The average Bonchev–Trinajstić information content (AvgIpc) is 3.50. The molecule has 0 bridgehead atoms. The second-order valence-electron chi connectivity index (χ2n) is 8.82. The normalized spacial score (nSPS) is 14.6. The van der Waals surface area contributed by atoms with Crippen LogP contribution in [0, 0.1) is 0 Å². The Bertz CT molecular complexity index is 1040. The lowest BCUT2D eigenvalue weighted by Crippen LogP contribution is -2.40. The minimum Gasteiger partial charge on any atom is -0.367 e.